The molecule has 0 radical (unpaired) electrons. The molecule has 8 nitrogen and oxygen atoms in total. The number of benzene rings is 3. The zero-order valence-electron chi connectivity index (χ0n) is 21.7. The first-order chi connectivity index (χ1) is 18.6. The maximum Gasteiger partial charge on any atom is 0.407 e. The number of hydrogen-bond donors (Lipinski definition) is 1. The van der Waals surface area contributed by atoms with E-state index in [1.807, 2.05) is 66.7 Å². The van der Waals surface area contributed by atoms with Gasteiger partial charge >= 0.3 is 6.09 Å². The van der Waals surface area contributed by atoms with Crippen LogP contribution in [-0.2, 0) is 18.9 Å². The van der Waals surface area contributed by atoms with E-state index in [-0.39, 0.29) is 19.3 Å². The molecule has 38 heavy (non-hydrogen) atoms. The number of amides is 1. The van der Waals surface area contributed by atoms with Crippen LogP contribution in [0.1, 0.15) is 29.8 Å². The fourth-order valence-corrected chi connectivity index (χ4v) is 4.61. The van der Waals surface area contributed by atoms with Gasteiger partial charge in [-0.2, -0.15) is 0 Å². The molecule has 3 unspecified atom stereocenters. The number of methoxy groups -OCH3 is 1. The van der Waals surface area contributed by atoms with Crippen LogP contribution in [-0.4, -0.2) is 69.0 Å². The Morgan fingerprint density at radius 2 is 1.89 bits per heavy atom. The second kappa shape index (κ2) is 13.9. The highest BCUT2D eigenvalue weighted by Crippen LogP contribution is 2.35. The van der Waals surface area contributed by atoms with E-state index in [0.717, 1.165) is 27.6 Å². The zero-order valence-corrected chi connectivity index (χ0v) is 21.7. The fraction of sp³-hybridized carbons (Fsp3) is 0.367. The number of nitrogens with zero attached hydrogens (tertiary/aromatic N) is 1. The summed E-state index contributed by atoms with van der Waals surface area (Å²) in [4.78, 5) is 13.2. The summed E-state index contributed by atoms with van der Waals surface area (Å²) in [5, 5.41) is 11.9. The van der Waals surface area contributed by atoms with Crippen molar-refractivity contribution < 1.29 is 33.6 Å². The van der Waals surface area contributed by atoms with Gasteiger partial charge in [0.15, 0.2) is 6.29 Å². The van der Waals surface area contributed by atoms with Gasteiger partial charge in [-0.3, -0.25) is 0 Å². The van der Waals surface area contributed by atoms with Crippen LogP contribution in [0.3, 0.4) is 0 Å². The SMILES string of the molecule is C=CCOc1ccc(C2CCN(C(=O)O)CC2OC(OCOCCOC)c2ccc3ccccc3c2)cc1. The van der Waals surface area contributed by atoms with Crippen LogP contribution in [0, 0.1) is 0 Å². The average molecular weight is 522 g/mol. The van der Waals surface area contributed by atoms with E-state index in [1.165, 1.54) is 4.90 Å². The highest BCUT2D eigenvalue weighted by molar-refractivity contribution is 5.83. The molecule has 202 valence electrons. The maximum atomic E-state index is 11.8. The molecular weight excluding hydrogens is 486 g/mol. The fourth-order valence-electron chi connectivity index (χ4n) is 4.61. The Labute approximate surface area is 223 Å². The minimum atomic E-state index is -0.962. The standard InChI is InChI=1S/C30H35NO7/c1-3-16-36-26-12-10-23(11-13-26)27-14-15-31(30(32)33)20-28(27)38-29(37-21-35-18-17-34-2)25-9-8-22-6-4-5-7-24(22)19-25/h3-13,19,27-29H,1,14-18,20-21H2,2H3,(H,32,33). The molecule has 3 atom stereocenters. The summed E-state index contributed by atoms with van der Waals surface area (Å²) < 4.78 is 28.9. The number of ether oxygens (including phenoxy) is 5. The summed E-state index contributed by atoms with van der Waals surface area (Å²) in [6, 6.07) is 22.0. The van der Waals surface area contributed by atoms with E-state index in [1.54, 1.807) is 13.2 Å². The van der Waals surface area contributed by atoms with Crippen molar-refractivity contribution in [1.82, 2.24) is 4.90 Å². The minimum Gasteiger partial charge on any atom is -0.490 e. The molecule has 4 rings (SSSR count). The molecule has 1 heterocycles. The lowest BCUT2D eigenvalue weighted by Crippen LogP contribution is -2.47. The Hall–Kier alpha value is -3.43. The van der Waals surface area contributed by atoms with Crippen molar-refractivity contribution in [2.24, 2.45) is 0 Å². The van der Waals surface area contributed by atoms with Crippen molar-refractivity contribution in [3.63, 3.8) is 0 Å². The van der Waals surface area contributed by atoms with Crippen molar-refractivity contribution in [2.45, 2.75) is 24.7 Å². The molecule has 3 aromatic rings. The van der Waals surface area contributed by atoms with Crippen molar-refractivity contribution >= 4 is 16.9 Å². The highest BCUT2D eigenvalue weighted by Gasteiger charge is 2.35. The first-order valence-corrected chi connectivity index (χ1v) is 12.7. The van der Waals surface area contributed by atoms with Crippen molar-refractivity contribution in [3.8, 4) is 5.75 Å². The first kappa shape index (κ1) is 27.6. The van der Waals surface area contributed by atoms with E-state index in [0.29, 0.717) is 32.8 Å². The summed E-state index contributed by atoms with van der Waals surface area (Å²) in [7, 11) is 1.61. The van der Waals surface area contributed by atoms with E-state index >= 15 is 0 Å². The van der Waals surface area contributed by atoms with E-state index in [2.05, 4.69) is 6.58 Å². The van der Waals surface area contributed by atoms with Gasteiger partial charge in [-0.1, -0.05) is 61.2 Å². The minimum absolute atomic E-state index is 0.0101. The highest BCUT2D eigenvalue weighted by atomic mass is 16.8. The number of piperidine rings is 1. The Morgan fingerprint density at radius 1 is 1.11 bits per heavy atom. The second-order valence-corrected chi connectivity index (χ2v) is 9.09. The molecule has 1 amide bonds. The maximum absolute atomic E-state index is 11.8. The average Bonchev–Trinajstić information content (AvgIpc) is 2.95. The van der Waals surface area contributed by atoms with Gasteiger partial charge in [0.25, 0.3) is 0 Å². The van der Waals surface area contributed by atoms with Gasteiger partial charge in [0.2, 0.25) is 0 Å². The number of hydrogen-bond acceptors (Lipinski definition) is 6. The molecule has 1 fully saturated rings. The van der Waals surface area contributed by atoms with Crippen molar-refractivity contribution in [3.05, 3.63) is 90.5 Å². The third kappa shape index (κ3) is 7.33. The third-order valence-electron chi connectivity index (χ3n) is 6.58. The number of likely N-dealkylation sites (tertiary alicyclic amines) is 1. The van der Waals surface area contributed by atoms with Gasteiger partial charge < -0.3 is 33.7 Å². The monoisotopic (exact) mass is 521 g/mol. The van der Waals surface area contributed by atoms with Gasteiger partial charge in [-0.05, 0) is 41.0 Å². The van der Waals surface area contributed by atoms with Crippen molar-refractivity contribution in [2.75, 3.05) is 46.8 Å². The molecule has 1 saturated heterocycles. The van der Waals surface area contributed by atoms with Gasteiger partial charge in [0.05, 0.1) is 25.9 Å². The van der Waals surface area contributed by atoms with Gasteiger partial charge in [0, 0.05) is 25.1 Å². The molecular formula is C30H35NO7. The van der Waals surface area contributed by atoms with E-state index < -0.39 is 18.5 Å². The molecule has 0 saturated carbocycles. The first-order valence-electron chi connectivity index (χ1n) is 12.7. The molecule has 1 aliphatic rings. The van der Waals surface area contributed by atoms with Crippen LogP contribution in [0.15, 0.2) is 79.4 Å². The largest absolute Gasteiger partial charge is 0.490 e. The Bertz CT molecular complexity index is 1180. The summed E-state index contributed by atoms with van der Waals surface area (Å²) in [6.45, 7) is 5.62. The third-order valence-corrected chi connectivity index (χ3v) is 6.58. The Morgan fingerprint density at radius 3 is 2.63 bits per heavy atom. The van der Waals surface area contributed by atoms with Gasteiger partial charge in [-0.25, -0.2) is 4.79 Å². The lowest BCUT2D eigenvalue weighted by molar-refractivity contribution is -0.227. The van der Waals surface area contributed by atoms with Crippen LogP contribution in [0.25, 0.3) is 10.8 Å². The Kier molecular flexibility index (Phi) is 10.1. The van der Waals surface area contributed by atoms with Crippen LogP contribution < -0.4 is 4.74 Å². The van der Waals surface area contributed by atoms with Crippen molar-refractivity contribution in [1.29, 1.82) is 0 Å². The number of rotatable bonds is 13. The second-order valence-electron chi connectivity index (χ2n) is 9.09. The van der Waals surface area contributed by atoms with Crippen LogP contribution >= 0.6 is 0 Å². The van der Waals surface area contributed by atoms with Crippen LogP contribution in [0.5, 0.6) is 5.75 Å². The quantitative estimate of drug-likeness (QED) is 0.178. The normalized spacial score (nSPS) is 18.3. The molecule has 3 aromatic carbocycles. The van der Waals surface area contributed by atoms with E-state index in [4.69, 9.17) is 23.7 Å². The lowest BCUT2D eigenvalue weighted by atomic mass is 9.87. The molecule has 8 heteroatoms. The Balaban J connectivity index is 1.58. The summed E-state index contributed by atoms with van der Waals surface area (Å²) >= 11 is 0. The zero-order chi connectivity index (χ0) is 26.7. The summed E-state index contributed by atoms with van der Waals surface area (Å²) in [6.07, 6.45) is 0.175. The predicted molar refractivity (Wildman–Crippen MR) is 144 cm³/mol. The molecule has 1 aliphatic heterocycles. The van der Waals surface area contributed by atoms with Crippen LogP contribution in [0.4, 0.5) is 4.79 Å². The lowest BCUT2D eigenvalue weighted by Gasteiger charge is -2.39. The molecule has 0 spiro atoms. The molecule has 0 aliphatic carbocycles. The number of carboxylic acid groups (broad SMARTS) is 1. The van der Waals surface area contributed by atoms with E-state index in [9.17, 15) is 9.90 Å². The smallest absolute Gasteiger partial charge is 0.407 e. The van der Waals surface area contributed by atoms with Crippen LogP contribution in [0.2, 0.25) is 0 Å². The van der Waals surface area contributed by atoms with Gasteiger partial charge in [-0.15, -0.1) is 0 Å². The molecule has 0 bridgehead atoms. The molecule has 1 N–H and O–H groups in total. The molecule has 0 aromatic heterocycles. The van der Waals surface area contributed by atoms with Gasteiger partial charge in [0.1, 0.15) is 19.1 Å². The topological polar surface area (TPSA) is 86.7 Å². The summed E-state index contributed by atoms with van der Waals surface area (Å²) in [5.41, 5.74) is 1.89. The number of fused-ring (bicyclic) bond motifs is 1. The number of carbonyl (C=O) groups is 1. The summed E-state index contributed by atoms with van der Waals surface area (Å²) in [5.74, 6) is 0.722. The predicted octanol–water partition coefficient (Wildman–Crippen LogP) is 5.59.